The van der Waals surface area contributed by atoms with Gasteiger partial charge in [-0.1, -0.05) is 12.1 Å². The Kier molecular flexibility index (Phi) is 2.31. The molecule has 0 spiro atoms. The van der Waals surface area contributed by atoms with Gasteiger partial charge in [-0.2, -0.15) is 5.10 Å². The molecular weight excluding hydrogens is 313 g/mol. The van der Waals surface area contributed by atoms with Crippen LogP contribution in [0.15, 0.2) is 35.6 Å². The Morgan fingerprint density at radius 3 is 2.94 bits per heavy atom. The molecule has 0 N–H and O–H groups in total. The van der Waals surface area contributed by atoms with Gasteiger partial charge in [-0.3, -0.25) is 9.67 Å². The van der Waals surface area contributed by atoms with Crippen LogP contribution in [0.3, 0.4) is 0 Å². The lowest BCUT2D eigenvalue weighted by atomic mass is 10.0. The van der Waals surface area contributed by atoms with E-state index in [1.807, 2.05) is 24.1 Å². The summed E-state index contributed by atoms with van der Waals surface area (Å²) in [5.41, 5.74) is 4.94. The predicted octanol–water partition coefficient (Wildman–Crippen LogP) is 2.78. The first-order chi connectivity index (χ1) is 7.74. The minimum atomic E-state index is 0.820. The van der Waals surface area contributed by atoms with Gasteiger partial charge in [0.2, 0.25) is 0 Å². The highest BCUT2D eigenvalue weighted by atomic mass is 127. The van der Waals surface area contributed by atoms with Gasteiger partial charge < -0.3 is 0 Å². The SMILES string of the molecule is Cn1cc(-c2ccc3c(c2)C(I)=NC3)cn1. The van der Waals surface area contributed by atoms with Crippen LogP contribution in [-0.2, 0) is 13.6 Å². The molecule has 0 saturated carbocycles. The molecule has 1 aromatic carbocycles. The average Bonchev–Trinajstić information content (AvgIpc) is 2.86. The Morgan fingerprint density at radius 2 is 2.19 bits per heavy atom. The Labute approximate surface area is 107 Å². The minimum absolute atomic E-state index is 0.820. The fourth-order valence-electron chi connectivity index (χ4n) is 1.90. The van der Waals surface area contributed by atoms with Gasteiger partial charge in [-0.05, 0) is 39.8 Å². The van der Waals surface area contributed by atoms with Crippen LogP contribution in [0.5, 0.6) is 0 Å². The van der Waals surface area contributed by atoms with E-state index in [2.05, 4.69) is 50.9 Å². The maximum atomic E-state index is 4.43. The molecule has 0 saturated heterocycles. The second-order valence-corrected chi connectivity index (χ2v) is 4.90. The van der Waals surface area contributed by atoms with E-state index < -0.39 is 0 Å². The molecule has 0 fully saturated rings. The average molecular weight is 323 g/mol. The molecule has 1 aromatic heterocycles. The number of rotatable bonds is 1. The maximum absolute atomic E-state index is 4.43. The standard InChI is InChI=1S/C12H10IN3/c1-16-7-10(6-15-16)8-2-3-9-5-14-12(13)11(9)4-8/h2-4,6-7H,5H2,1H3. The van der Waals surface area contributed by atoms with Crippen molar-refractivity contribution >= 4 is 26.3 Å². The first-order valence-electron chi connectivity index (χ1n) is 5.06. The Hall–Kier alpha value is -1.17. The van der Waals surface area contributed by atoms with Gasteiger partial charge in [0.1, 0.15) is 3.72 Å². The highest BCUT2D eigenvalue weighted by Gasteiger charge is 2.14. The van der Waals surface area contributed by atoms with Crippen molar-refractivity contribution in [1.82, 2.24) is 9.78 Å². The van der Waals surface area contributed by atoms with Gasteiger partial charge in [0.15, 0.2) is 0 Å². The lowest BCUT2D eigenvalue weighted by Crippen LogP contribution is -1.89. The van der Waals surface area contributed by atoms with Crippen LogP contribution in [0.1, 0.15) is 11.1 Å². The smallest absolute Gasteiger partial charge is 0.103 e. The van der Waals surface area contributed by atoms with Crippen LogP contribution in [0.2, 0.25) is 0 Å². The fraction of sp³-hybridized carbons (Fsp3) is 0.167. The monoisotopic (exact) mass is 323 g/mol. The third-order valence-corrected chi connectivity index (χ3v) is 3.68. The van der Waals surface area contributed by atoms with E-state index in [4.69, 9.17) is 0 Å². The Bertz CT molecular complexity index is 584. The number of nitrogens with zero attached hydrogens (tertiary/aromatic N) is 3. The lowest BCUT2D eigenvalue weighted by molar-refractivity contribution is 0.768. The number of fused-ring (bicyclic) bond motifs is 1. The molecule has 3 nitrogen and oxygen atoms in total. The molecule has 80 valence electrons. The third-order valence-electron chi connectivity index (χ3n) is 2.76. The summed E-state index contributed by atoms with van der Waals surface area (Å²) in [5.74, 6) is 0. The molecule has 2 aromatic rings. The van der Waals surface area contributed by atoms with Crippen molar-refractivity contribution in [3.63, 3.8) is 0 Å². The van der Waals surface area contributed by atoms with Crippen molar-refractivity contribution in [2.45, 2.75) is 6.54 Å². The quantitative estimate of drug-likeness (QED) is 0.742. The minimum Gasteiger partial charge on any atom is -0.275 e. The van der Waals surface area contributed by atoms with Crippen molar-refractivity contribution in [1.29, 1.82) is 0 Å². The fourth-order valence-corrected chi connectivity index (χ4v) is 2.57. The van der Waals surface area contributed by atoms with E-state index >= 15 is 0 Å². The zero-order valence-electron chi connectivity index (χ0n) is 8.81. The summed E-state index contributed by atoms with van der Waals surface area (Å²) >= 11 is 2.29. The summed E-state index contributed by atoms with van der Waals surface area (Å²) in [7, 11) is 1.93. The maximum Gasteiger partial charge on any atom is 0.103 e. The van der Waals surface area contributed by atoms with Gasteiger partial charge >= 0.3 is 0 Å². The second kappa shape index (κ2) is 3.69. The molecular formula is C12H10IN3. The molecule has 1 aliphatic heterocycles. The van der Waals surface area contributed by atoms with E-state index in [1.54, 1.807) is 0 Å². The molecule has 1 aliphatic rings. The first kappa shape index (κ1) is 10.0. The number of halogens is 1. The van der Waals surface area contributed by atoms with Gasteiger partial charge in [0, 0.05) is 24.4 Å². The molecule has 0 unspecified atom stereocenters. The van der Waals surface area contributed by atoms with Crippen LogP contribution in [0, 0.1) is 0 Å². The number of aliphatic imine (C=N–C) groups is 1. The zero-order valence-corrected chi connectivity index (χ0v) is 11.0. The second-order valence-electron chi connectivity index (χ2n) is 3.88. The van der Waals surface area contributed by atoms with Gasteiger partial charge in [0.05, 0.1) is 12.7 Å². The van der Waals surface area contributed by atoms with Crippen LogP contribution in [0.4, 0.5) is 0 Å². The summed E-state index contributed by atoms with van der Waals surface area (Å²) < 4.78 is 2.93. The summed E-state index contributed by atoms with van der Waals surface area (Å²) in [6, 6.07) is 6.50. The summed E-state index contributed by atoms with van der Waals surface area (Å²) in [6.45, 7) is 0.820. The Morgan fingerprint density at radius 1 is 1.31 bits per heavy atom. The lowest BCUT2D eigenvalue weighted by Gasteiger charge is -2.02. The molecule has 0 atom stereocenters. The molecule has 0 bridgehead atoms. The predicted molar refractivity (Wildman–Crippen MR) is 72.9 cm³/mol. The molecule has 0 radical (unpaired) electrons. The summed E-state index contributed by atoms with van der Waals surface area (Å²) in [4.78, 5) is 4.43. The number of aromatic nitrogens is 2. The van der Waals surface area contributed by atoms with Crippen molar-refractivity contribution in [2.24, 2.45) is 12.0 Å². The Balaban J connectivity index is 2.10. The van der Waals surface area contributed by atoms with Gasteiger partial charge in [-0.15, -0.1) is 0 Å². The largest absolute Gasteiger partial charge is 0.275 e. The third kappa shape index (κ3) is 1.57. The van der Waals surface area contributed by atoms with E-state index in [1.165, 1.54) is 16.7 Å². The molecule has 3 rings (SSSR count). The van der Waals surface area contributed by atoms with Crippen molar-refractivity contribution in [2.75, 3.05) is 0 Å². The molecule has 4 heteroatoms. The number of hydrogen-bond donors (Lipinski definition) is 0. The van der Waals surface area contributed by atoms with E-state index in [9.17, 15) is 0 Å². The normalized spacial score (nSPS) is 13.8. The molecule has 0 aliphatic carbocycles. The van der Waals surface area contributed by atoms with Crippen LogP contribution in [0.25, 0.3) is 11.1 Å². The van der Waals surface area contributed by atoms with Crippen LogP contribution in [-0.4, -0.2) is 13.5 Å². The number of benzene rings is 1. The molecule has 16 heavy (non-hydrogen) atoms. The summed E-state index contributed by atoms with van der Waals surface area (Å²) in [5, 5.41) is 4.19. The summed E-state index contributed by atoms with van der Waals surface area (Å²) in [6.07, 6.45) is 3.92. The van der Waals surface area contributed by atoms with Crippen LogP contribution >= 0.6 is 22.6 Å². The molecule has 2 heterocycles. The van der Waals surface area contributed by atoms with Gasteiger partial charge in [-0.25, -0.2) is 0 Å². The van der Waals surface area contributed by atoms with E-state index in [0.717, 1.165) is 15.8 Å². The van der Waals surface area contributed by atoms with Crippen molar-refractivity contribution in [3.8, 4) is 11.1 Å². The molecule has 0 amide bonds. The highest BCUT2D eigenvalue weighted by molar-refractivity contribution is 14.1. The first-order valence-corrected chi connectivity index (χ1v) is 6.14. The van der Waals surface area contributed by atoms with Crippen LogP contribution < -0.4 is 0 Å². The van der Waals surface area contributed by atoms with Gasteiger partial charge in [0.25, 0.3) is 0 Å². The zero-order chi connectivity index (χ0) is 11.1. The number of aryl methyl sites for hydroxylation is 1. The topological polar surface area (TPSA) is 30.2 Å². The highest BCUT2D eigenvalue weighted by Crippen LogP contribution is 2.27. The number of hydrogen-bond acceptors (Lipinski definition) is 2. The van der Waals surface area contributed by atoms with Crippen molar-refractivity contribution in [3.05, 3.63) is 41.7 Å². The van der Waals surface area contributed by atoms with Crippen molar-refractivity contribution < 1.29 is 0 Å². The van der Waals surface area contributed by atoms with E-state index in [-0.39, 0.29) is 0 Å². The van der Waals surface area contributed by atoms with E-state index in [0.29, 0.717) is 0 Å².